The van der Waals surface area contributed by atoms with Gasteiger partial charge in [0.25, 0.3) is 0 Å². The number of fused-ring (bicyclic) bond motifs is 1. The zero-order valence-electron chi connectivity index (χ0n) is 21.2. The van der Waals surface area contributed by atoms with Crippen LogP contribution in [0.3, 0.4) is 0 Å². The fourth-order valence-corrected chi connectivity index (χ4v) is 5.69. The number of nitrogens with one attached hydrogen (secondary N) is 1. The van der Waals surface area contributed by atoms with Crippen molar-refractivity contribution in [1.82, 2.24) is 0 Å². The average Bonchev–Trinajstić information content (AvgIpc) is 3.00. The molecule has 0 saturated carbocycles. The Hall–Kier alpha value is -3.08. The van der Waals surface area contributed by atoms with Gasteiger partial charge in [0.15, 0.2) is 5.78 Å². The number of amides is 1. The summed E-state index contributed by atoms with van der Waals surface area (Å²) in [5.74, 6) is 0.176. The molecule has 3 aromatic rings. The molecule has 1 aliphatic carbocycles. The number of hydrogen-bond acceptors (Lipinski definition) is 3. The lowest BCUT2D eigenvalue weighted by molar-refractivity contribution is -0.119. The Balaban J connectivity index is 1.69. The SMILES string of the molecule is Cc1ccc([C@H]2C3=C(C[C@H](c4ccc(Cl)c(Cl)c4)CC3=O)Nc3ccccc3N2C(=O)CC(C)C)cc1. The van der Waals surface area contributed by atoms with Gasteiger partial charge in [0.2, 0.25) is 5.91 Å². The Morgan fingerprint density at radius 3 is 2.38 bits per heavy atom. The summed E-state index contributed by atoms with van der Waals surface area (Å²) in [6.07, 6.45) is 1.35. The molecule has 6 heteroatoms. The lowest BCUT2D eigenvalue weighted by Gasteiger charge is -2.35. The molecule has 2 aliphatic rings. The van der Waals surface area contributed by atoms with Crippen molar-refractivity contribution in [1.29, 1.82) is 0 Å². The number of allylic oxidation sites excluding steroid dienone is 1. The zero-order valence-corrected chi connectivity index (χ0v) is 22.7. The first kappa shape index (κ1) is 25.6. The molecule has 0 fully saturated rings. The highest BCUT2D eigenvalue weighted by molar-refractivity contribution is 6.42. The summed E-state index contributed by atoms with van der Waals surface area (Å²) in [5, 5.41) is 4.55. The maximum Gasteiger partial charge on any atom is 0.228 e. The van der Waals surface area contributed by atoms with Gasteiger partial charge in [-0.3, -0.25) is 14.5 Å². The van der Waals surface area contributed by atoms with E-state index in [0.717, 1.165) is 33.8 Å². The van der Waals surface area contributed by atoms with Gasteiger partial charge in [0, 0.05) is 24.1 Å². The molecule has 1 aliphatic heterocycles. The van der Waals surface area contributed by atoms with Crippen molar-refractivity contribution in [3.05, 3.63) is 105 Å². The summed E-state index contributed by atoms with van der Waals surface area (Å²) in [6, 6.07) is 21.0. The van der Waals surface area contributed by atoms with E-state index in [2.05, 4.69) is 5.32 Å². The van der Waals surface area contributed by atoms with Gasteiger partial charge in [0.1, 0.15) is 0 Å². The fourth-order valence-electron chi connectivity index (χ4n) is 5.38. The zero-order chi connectivity index (χ0) is 26.3. The quantitative estimate of drug-likeness (QED) is 0.367. The number of ketones is 1. The highest BCUT2D eigenvalue weighted by Crippen LogP contribution is 2.48. The standard InChI is InChI=1S/C31H30Cl2N2O2/c1-18(2)14-29(37)35-27-7-5-4-6-25(27)34-26-16-22(21-12-13-23(32)24(33)15-21)17-28(36)30(26)31(35)20-10-8-19(3)9-11-20/h4-13,15,18,22,31,34H,14,16-17H2,1-3H3/t22-,31-/m0/s1. The normalized spacial score (nSPS) is 19.3. The number of Topliss-reactive ketones (excluding diaryl/α,β-unsaturated/α-hetero) is 1. The van der Waals surface area contributed by atoms with E-state index in [1.807, 2.05) is 86.3 Å². The van der Waals surface area contributed by atoms with Gasteiger partial charge >= 0.3 is 0 Å². The van der Waals surface area contributed by atoms with Crippen molar-refractivity contribution < 1.29 is 9.59 Å². The highest BCUT2D eigenvalue weighted by atomic mass is 35.5. The second-order valence-corrected chi connectivity index (χ2v) is 11.2. The van der Waals surface area contributed by atoms with E-state index in [1.165, 1.54) is 0 Å². The van der Waals surface area contributed by atoms with Crippen LogP contribution in [-0.2, 0) is 9.59 Å². The summed E-state index contributed by atoms with van der Waals surface area (Å²) in [7, 11) is 0. The second kappa shape index (κ2) is 10.4. The average molecular weight is 533 g/mol. The monoisotopic (exact) mass is 532 g/mol. The molecule has 5 rings (SSSR count). The van der Waals surface area contributed by atoms with E-state index < -0.39 is 6.04 Å². The Morgan fingerprint density at radius 2 is 1.68 bits per heavy atom. The van der Waals surface area contributed by atoms with Gasteiger partial charge in [-0.2, -0.15) is 0 Å². The molecule has 0 spiro atoms. The number of para-hydroxylation sites is 2. The molecular weight excluding hydrogens is 503 g/mol. The van der Waals surface area contributed by atoms with Crippen LogP contribution in [0, 0.1) is 12.8 Å². The maximum absolute atomic E-state index is 14.0. The van der Waals surface area contributed by atoms with E-state index in [0.29, 0.717) is 34.9 Å². The number of hydrogen-bond donors (Lipinski definition) is 1. The highest BCUT2D eigenvalue weighted by Gasteiger charge is 2.41. The molecule has 2 atom stereocenters. The van der Waals surface area contributed by atoms with Gasteiger partial charge in [-0.1, -0.05) is 85.1 Å². The molecule has 4 nitrogen and oxygen atoms in total. The first-order valence-corrected chi connectivity index (χ1v) is 13.4. The van der Waals surface area contributed by atoms with Crippen LogP contribution >= 0.6 is 23.2 Å². The van der Waals surface area contributed by atoms with E-state index >= 15 is 0 Å². The topological polar surface area (TPSA) is 49.4 Å². The molecule has 1 heterocycles. The third kappa shape index (κ3) is 5.05. The van der Waals surface area contributed by atoms with Crippen molar-refractivity contribution in [3.63, 3.8) is 0 Å². The number of nitrogens with zero attached hydrogens (tertiary/aromatic N) is 1. The Morgan fingerprint density at radius 1 is 0.973 bits per heavy atom. The molecule has 0 bridgehead atoms. The van der Waals surface area contributed by atoms with E-state index in [-0.39, 0.29) is 23.5 Å². The predicted molar refractivity (Wildman–Crippen MR) is 151 cm³/mol. The van der Waals surface area contributed by atoms with E-state index in [4.69, 9.17) is 23.2 Å². The Kier molecular flexibility index (Phi) is 7.15. The van der Waals surface area contributed by atoms with Crippen LogP contribution in [0.5, 0.6) is 0 Å². The van der Waals surface area contributed by atoms with Crippen LogP contribution in [0.25, 0.3) is 0 Å². The number of aryl methyl sites for hydroxylation is 1. The van der Waals surface area contributed by atoms with Crippen LogP contribution < -0.4 is 10.2 Å². The summed E-state index contributed by atoms with van der Waals surface area (Å²) in [5.41, 5.74) is 6.15. The third-order valence-electron chi connectivity index (χ3n) is 7.15. The number of anilines is 2. The van der Waals surface area contributed by atoms with Crippen molar-refractivity contribution >= 4 is 46.3 Å². The van der Waals surface area contributed by atoms with Crippen molar-refractivity contribution in [2.45, 2.75) is 52.0 Å². The van der Waals surface area contributed by atoms with Crippen LogP contribution in [-0.4, -0.2) is 11.7 Å². The van der Waals surface area contributed by atoms with Crippen molar-refractivity contribution in [3.8, 4) is 0 Å². The first-order chi connectivity index (χ1) is 17.7. The van der Waals surface area contributed by atoms with Crippen molar-refractivity contribution in [2.75, 3.05) is 10.2 Å². The molecule has 0 aromatic heterocycles. The van der Waals surface area contributed by atoms with E-state index in [1.54, 1.807) is 6.07 Å². The van der Waals surface area contributed by atoms with Crippen LogP contribution in [0.1, 0.15) is 61.8 Å². The third-order valence-corrected chi connectivity index (χ3v) is 7.89. The number of rotatable bonds is 4. The summed E-state index contributed by atoms with van der Waals surface area (Å²) in [4.78, 5) is 29.7. The Bertz CT molecular complexity index is 1390. The number of carbonyl (C=O) groups is 2. The molecule has 1 amide bonds. The molecular formula is C31H30Cl2N2O2. The smallest absolute Gasteiger partial charge is 0.228 e. The summed E-state index contributed by atoms with van der Waals surface area (Å²) < 4.78 is 0. The predicted octanol–water partition coefficient (Wildman–Crippen LogP) is 8.25. The number of carbonyl (C=O) groups excluding carboxylic acids is 2. The minimum Gasteiger partial charge on any atom is -0.357 e. The largest absolute Gasteiger partial charge is 0.357 e. The molecule has 37 heavy (non-hydrogen) atoms. The number of benzene rings is 3. The van der Waals surface area contributed by atoms with Gasteiger partial charge in [-0.25, -0.2) is 0 Å². The van der Waals surface area contributed by atoms with Crippen LogP contribution in [0.15, 0.2) is 78.0 Å². The minimum atomic E-state index is -0.514. The number of halogens is 2. The lowest BCUT2D eigenvalue weighted by Crippen LogP contribution is -2.39. The van der Waals surface area contributed by atoms with Gasteiger partial charge in [-0.05, 0) is 60.6 Å². The Labute approximate surface area is 228 Å². The second-order valence-electron chi connectivity index (χ2n) is 10.4. The van der Waals surface area contributed by atoms with Gasteiger partial charge < -0.3 is 5.32 Å². The van der Waals surface area contributed by atoms with Gasteiger partial charge in [0.05, 0.1) is 27.5 Å². The molecule has 1 N–H and O–H groups in total. The van der Waals surface area contributed by atoms with Crippen LogP contribution in [0.4, 0.5) is 11.4 Å². The molecule has 0 saturated heterocycles. The summed E-state index contributed by atoms with van der Waals surface area (Å²) in [6.45, 7) is 6.12. The molecule has 190 valence electrons. The molecule has 0 radical (unpaired) electrons. The summed E-state index contributed by atoms with van der Waals surface area (Å²) >= 11 is 12.5. The first-order valence-electron chi connectivity index (χ1n) is 12.7. The fraction of sp³-hybridized carbons (Fsp3) is 0.290. The molecule has 0 unspecified atom stereocenters. The van der Waals surface area contributed by atoms with Crippen molar-refractivity contribution in [2.24, 2.45) is 5.92 Å². The minimum absolute atomic E-state index is 0.00276. The van der Waals surface area contributed by atoms with Gasteiger partial charge in [-0.15, -0.1) is 0 Å². The van der Waals surface area contributed by atoms with E-state index in [9.17, 15) is 9.59 Å². The lowest BCUT2D eigenvalue weighted by atomic mass is 9.78. The maximum atomic E-state index is 14.0. The van der Waals surface area contributed by atoms with Crippen LogP contribution in [0.2, 0.25) is 10.0 Å². The molecule has 3 aromatic carbocycles.